The molecule has 1 amide bonds. The Morgan fingerprint density at radius 2 is 2.00 bits per heavy atom. The summed E-state index contributed by atoms with van der Waals surface area (Å²) >= 11 is 0. The molecular formula is C18H22F2N2O. The van der Waals surface area contributed by atoms with Gasteiger partial charge in [0.05, 0.1) is 0 Å². The second kappa shape index (κ2) is 6.40. The van der Waals surface area contributed by atoms with E-state index in [-0.39, 0.29) is 30.8 Å². The molecule has 5 heteroatoms. The zero-order chi connectivity index (χ0) is 16.4. The van der Waals surface area contributed by atoms with Crippen molar-refractivity contribution in [2.75, 3.05) is 5.32 Å². The predicted molar refractivity (Wildman–Crippen MR) is 86.7 cm³/mol. The van der Waals surface area contributed by atoms with Crippen LogP contribution in [0.2, 0.25) is 0 Å². The third kappa shape index (κ3) is 3.78. The van der Waals surface area contributed by atoms with E-state index in [2.05, 4.69) is 17.2 Å². The third-order valence-corrected chi connectivity index (χ3v) is 4.83. The van der Waals surface area contributed by atoms with Crippen molar-refractivity contribution >= 4 is 11.6 Å². The van der Waals surface area contributed by atoms with E-state index in [9.17, 15) is 13.6 Å². The highest BCUT2D eigenvalue weighted by atomic mass is 19.3. The normalized spacial score (nSPS) is 23.3. The number of hydrogen-bond donors (Lipinski definition) is 2. The van der Waals surface area contributed by atoms with Crippen molar-refractivity contribution in [3.05, 3.63) is 42.0 Å². The smallest absolute Gasteiger partial charge is 0.248 e. The van der Waals surface area contributed by atoms with Crippen LogP contribution in [0, 0.1) is 0 Å². The maximum Gasteiger partial charge on any atom is 0.248 e. The first-order chi connectivity index (χ1) is 11.0. The van der Waals surface area contributed by atoms with Crippen molar-refractivity contribution in [2.24, 2.45) is 0 Å². The standard InChI is InChI=1S/C18H22F2N2O/c1-2-17(23)22-14-5-3-12-4-6-16(15(12)11-14)21-13-7-9-18(19,20)10-8-13/h2-3,5,11,13,16,21H,1,4,6-10H2,(H,22,23). The summed E-state index contributed by atoms with van der Waals surface area (Å²) in [5, 5.41) is 6.31. The second-order valence-electron chi connectivity index (χ2n) is 6.50. The molecule has 2 N–H and O–H groups in total. The molecule has 1 atom stereocenters. The number of amides is 1. The summed E-state index contributed by atoms with van der Waals surface area (Å²) in [7, 11) is 0. The SMILES string of the molecule is C=CC(=O)Nc1ccc2c(c1)C(NC1CCC(F)(F)CC1)CC2. The van der Waals surface area contributed by atoms with Crippen LogP contribution in [0.3, 0.4) is 0 Å². The van der Waals surface area contributed by atoms with Crippen molar-refractivity contribution in [2.45, 2.75) is 56.5 Å². The Labute approximate surface area is 135 Å². The number of halogens is 2. The van der Waals surface area contributed by atoms with E-state index < -0.39 is 5.92 Å². The Kier molecular flexibility index (Phi) is 4.48. The number of benzene rings is 1. The number of aryl methyl sites for hydroxylation is 1. The largest absolute Gasteiger partial charge is 0.323 e. The molecule has 3 nitrogen and oxygen atoms in total. The molecule has 1 unspecified atom stereocenters. The maximum atomic E-state index is 13.3. The monoisotopic (exact) mass is 320 g/mol. The van der Waals surface area contributed by atoms with Crippen LogP contribution >= 0.6 is 0 Å². The van der Waals surface area contributed by atoms with Crippen LogP contribution in [0.1, 0.15) is 49.3 Å². The Morgan fingerprint density at radius 1 is 1.26 bits per heavy atom. The number of fused-ring (bicyclic) bond motifs is 1. The quantitative estimate of drug-likeness (QED) is 0.824. The Hall–Kier alpha value is -1.75. The zero-order valence-corrected chi connectivity index (χ0v) is 13.1. The lowest BCUT2D eigenvalue weighted by molar-refractivity contribution is -0.111. The molecule has 0 spiro atoms. The minimum atomic E-state index is -2.49. The predicted octanol–water partition coefficient (Wildman–Crippen LogP) is 3.97. The molecule has 0 radical (unpaired) electrons. The van der Waals surface area contributed by atoms with E-state index in [0.717, 1.165) is 18.5 Å². The first-order valence-corrected chi connectivity index (χ1v) is 8.17. The van der Waals surface area contributed by atoms with Gasteiger partial charge < -0.3 is 10.6 Å². The number of rotatable bonds is 4. The number of carbonyl (C=O) groups is 1. The number of alkyl halides is 2. The average molecular weight is 320 g/mol. The van der Waals surface area contributed by atoms with E-state index in [4.69, 9.17) is 0 Å². The van der Waals surface area contributed by atoms with Gasteiger partial charge in [0.1, 0.15) is 0 Å². The Bertz CT molecular complexity index is 605. The molecule has 0 heterocycles. The molecule has 0 bridgehead atoms. The second-order valence-corrected chi connectivity index (χ2v) is 6.50. The summed E-state index contributed by atoms with van der Waals surface area (Å²) < 4.78 is 26.5. The fourth-order valence-electron chi connectivity index (χ4n) is 3.54. The molecule has 1 aromatic carbocycles. The lowest BCUT2D eigenvalue weighted by Gasteiger charge is -2.31. The van der Waals surface area contributed by atoms with Crippen molar-refractivity contribution < 1.29 is 13.6 Å². The van der Waals surface area contributed by atoms with Gasteiger partial charge in [-0.05, 0) is 55.0 Å². The van der Waals surface area contributed by atoms with Crippen LogP contribution in [0.15, 0.2) is 30.9 Å². The molecule has 0 saturated heterocycles. The number of hydrogen-bond acceptors (Lipinski definition) is 2. The highest BCUT2D eigenvalue weighted by Gasteiger charge is 2.36. The lowest BCUT2D eigenvalue weighted by Crippen LogP contribution is -2.38. The van der Waals surface area contributed by atoms with E-state index in [1.807, 2.05) is 18.2 Å². The van der Waals surface area contributed by atoms with Gasteiger partial charge in [-0.1, -0.05) is 12.6 Å². The van der Waals surface area contributed by atoms with E-state index >= 15 is 0 Å². The molecule has 2 aliphatic carbocycles. The van der Waals surface area contributed by atoms with Gasteiger partial charge in [-0.2, -0.15) is 0 Å². The van der Waals surface area contributed by atoms with Crippen molar-refractivity contribution in [3.63, 3.8) is 0 Å². The first kappa shape index (κ1) is 16.1. The first-order valence-electron chi connectivity index (χ1n) is 8.17. The number of anilines is 1. The van der Waals surface area contributed by atoms with E-state index in [0.29, 0.717) is 12.8 Å². The van der Waals surface area contributed by atoms with Crippen molar-refractivity contribution in [1.29, 1.82) is 0 Å². The van der Waals surface area contributed by atoms with Crippen molar-refractivity contribution in [3.8, 4) is 0 Å². The highest BCUT2D eigenvalue weighted by Crippen LogP contribution is 2.37. The summed E-state index contributed by atoms with van der Waals surface area (Å²) in [6.45, 7) is 3.45. The molecule has 3 rings (SSSR count). The summed E-state index contributed by atoms with van der Waals surface area (Å²) in [6.07, 6.45) is 4.18. The Morgan fingerprint density at radius 3 is 2.70 bits per heavy atom. The minimum absolute atomic E-state index is 0.0281. The van der Waals surface area contributed by atoms with Crippen molar-refractivity contribution in [1.82, 2.24) is 5.32 Å². The minimum Gasteiger partial charge on any atom is -0.323 e. The molecule has 2 aliphatic rings. The Balaban J connectivity index is 1.67. The molecule has 0 aliphatic heterocycles. The van der Waals surface area contributed by atoms with Crippen LogP contribution in [-0.2, 0) is 11.2 Å². The molecule has 0 aromatic heterocycles. The van der Waals surface area contributed by atoms with Gasteiger partial charge in [0, 0.05) is 30.6 Å². The number of nitrogens with one attached hydrogen (secondary N) is 2. The molecule has 23 heavy (non-hydrogen) atoms. The fraction of sp³-hybridized carbons (Fsp3) is 0.500. The van der Waals surface area contributed by atoms with E-state index in [1.54, 1.807) is 0 Å². The zero-order valence-electron chi connectivity index (χ0n) is 13.1. The van der Waals surface area contributed by atoms with Crippen LogP contribution in [0.5, 0.6) is 0 Å². The highest BCUT2D eigenvalue weighted by molar-refractivity contribution is 5.98. The summed E-state index contributed by atoms with van der Waals surface area (Å²) in [4.78, 5) is 11.4. The van der Waals surface area contributed by atoms with Gasteiger partial charge in [-0.3, -0.25) is 4.79 Å². The van der Waals surface area contributed by atoms with Crippen LogP contribution in [-0.4, -0.2) is 17.9 Å². The van der Waals surface area contributed by atoms with Crippen LogP contribution in [0.4, 0.5) is 14.5 Å². The van der Waals surface area contributed by atoms with Crippen LogP contribution < -0.4 is 10.6 Å². The molecule has 1 fully saturated rings. The fourth-order valence-corrected chi connectivity index (χ4v) is 3.54. The number of carbonyl (C=O) groups excluding carboxylic acids is 1. The average Bonchev–Trinajstić information content (AvgIpc) is 2.92. The molecule has 124 valence electrons. The summed E-state index contributed by atoms with van der Waals surface area (Å²) in [5.74, 6) is -2.73. The molecule has 1 aromatic rings. The van der Waals surface area contributed by atoms with Gasteiger partial charge in [0.25, 0.3) is 0 Å². The van der Waals surface area contributed by atoms with E-state index in [1.165, 1.54) is 17.2 Å². The van der Waals surface area contributed by atoms with Gasteiger partial charge in [-0.25, -0.2) is 8.78 Å². The van der Waals surface area contributed by atoms with Gasteiger partial charge in [0.15, 0.2) is 0 Å². The topological polar surface area (TPSA) is 41.1 Å². The van der Waals surface area contributed by atoms with Gasteiger partial charge in [-0.15, -0.1) is 0 Å². The van der Waals surface area contributed by atoms with Gasteiger partial charge >= 0.3 is 0 Å². The van der Waals surface area contributed by atoms with Gasteiger partial charge in [0.2, 0.25) is 11.8 Å². The lowest BCUT2D eigenvalue weighted by atomic mass is 9.91. The summed E-state index contributed by atoms with van der Waals surface area (Å²) in [6, 6.07) is 6.24. The molecular weight excluding hydrogens is 298 g/mol. The van der Waals surface area contributed by atoms with Crippen LogP contribution in [0.25, 0.3) is 0 Å². The summed E-state index contributed by atoms with van der Waals surface area (Å²) in [5.41, 5.74) is 3.18. The molecule has 1 saturated carbocycles. The maximum absolute atomic E-state index is 13.3. The third-order valence-electron chi connectivity index (χ3n) is 4.83.